The number of ether oxygens (including phenoxy) is 1. The Kier molecular flexibility index (Phi) is 3.55. The van der Waals surface area contributed by atoms with Crippen molar-refractivity contribution < 1.29 is 9.84 Å². The second-order valence-corrected chi connectivity index (χ2v) is 2.65. The summed E-state index contributed by atoms with van der Waals surface area (Å²) in [7, 11) is 0. The first-order valence-corrected chi connectivity index (χ1v) is 4.13. The van der Waals surface area contributed by atoms with E-state index in [4.69, 9.17) is 21.3 Å². The lowest BCUT2D eigenvalue weighted by Crippen LogP contribution is -2.12. The van der Waals surface area contributed by atoms with Gasteiger partial charge in [0.2, 0.25) is 11.9 Å². The van der Waals surface area contributed by atoms with Gasteiger partial charge in [-0.2, -0.15) is 15.0 Å². The van der Waals surface area contributed by atoms with Crippen LogP contribution in [0, 0.1) is 0 Å². The maximum atomic E-state index is 8.54. The molecule has 14 heavy (non-hydrogen) atoms. The van der Waals surface area contributed by atoms with Gasteiger partial charge in [0.1, 0.15) is 6.10 Å². The zero-order chi connectivity index (χ0) is 10.6. The molecule has 1 aromatic heterocycles. The molecule has 0 fully saturated rings. The molecule has 0 aromatic carbocycles. The Bertz CT molecular complexity index is 286. The van der Waals surface area contributed by atoms with E-state index in [1.165, 1.54) is 0 Å². The van der Waals surface area contributed by atoms with E-state index in [-0.39, 0.29) is 31.2 Å². The van der Waals surface area contributed by atoms with E-state index >= 15 is 0 Å². The fraction of sp³-hybridized carbons (Fsp3) is 0.571. The molecule has 7 heteroatoms. The van der Waals surface area contributed by atoms with Crippen molar-refractivity contribution in [3.05, 3.63) is 5.82 Å². The summed E-state index contributed by atoms with van der Waals surface area (Å²) in [6.07, 6.45) is -0.366. The molecule has 1 rings (SSSR count). The van der Waals surface area contributed by atoms with Crippen LogP contribution in [0.2, 0.25) is 0 Å². The first-order chi connectivity index (χ1) is 6.63. The molecule has 0 saturated heterocycles. The summed E-state index contributed by atoms with van der Waals surface area (Å²) < 4.78 is 5.17. The summed E-state index contributed by atoms with van der Waals surface area (Å²) in [4.78, 5) is 11.3. The van der Waals surface area contributed by atoms with E-state index < -0.39 is 0 Å². The number of aromatic nitrogens is 3. The van der Waals surface area contributed by atoms with Crippen molar-refractivity contribution in [2.45, 2.75) is 13.0 Å². The van der Waals surface area contributed by atoms with Crippen molar-refractivity contribution in [3.63, 3.8) is 0 Å². The quantitative estimate of drug-likeness (QED) is 0.575. The van der Waals surface area contributed by atoms with Gasteiger partial charge in [-0.15, -0.1) is 0 Å². The molecular weight excluding hydrogens is 186 g/mol. The molecule has 0 radical (unpaired) electrons. The van der Waals surface area contributed by atoms with E-state index in [0.717, 1.165) is 0 Å². The van der Waals surface area contributed by atoms with Crippen molar-refractivity contribution in [1.29, 1.82) is 0 Å². The van der Waals surface area contributed by atoms with Crippen LogP contribution in [0.5, 0.6) is 0 Å². The fourth-order valence-corrected chi connectivity index (χ4v) is 0.913. The highest BCUT2D eigenvalue weighted by Gasteiger charge is 2.10. The van der Waals surface area contributed by atoms with Gasteiger partial charge in [0.25, 0.3) is 0 Å². The third-order valence-electron chi connectivity index (χ3n) is 1.51. The number of hydrogen-bond acceptors (Lipinski definition) is 7. The van der Waals surface area contributed by atoms with Crippen molar-refractivity contribution in [1.82, 2.24) is 15.0 Å². The molecule has 1 atom stereocenters. The maximum Gasteiger partial charge on any atom is 0.225 e. The molecule has 7 nitrogen and oxygen atoms in total. The Balaban J connectivity index is 2.73. The van der Waals surface area contributed by atoms with Crippen LogP contribution in [0.1, 0.15) is 18.9 Å². The van der Waals surface area contributed by atoms with Gasteiger partial charge in [0, 0.05) is 0 Å². The second kappa shape index (κ2) is 4.68. The molecule has 0 spiro atoms. The van der Waals surface area contributed by atoms with Crippen molar-refractivity contribution >= 4 is 11.9 Å². The van der Waals surface area contributed by atoms with Crippen molar-refractivity contribution in [2.24, 2.45) is 0 Å². The van der Waals surface area contributed by atoms with Crippen LogP contribution in [-0.4, -0.2) is 33.3 Å². The fourth-order valence-electron chi connectivity index (χ4n) is 0.913. The van der Waals surface area contributed by atoms with Crippen LogP contribution >= 0.6 is 0 Å². The molecule has 0 aliphatic carbocycles. The Labute approximate surface area is 81.1 Å². The van der Waals surface area contributed by atoms with Crippen LogP contribution in [0.4, 0.5) is 11.9 Å². The summed E-state index contributed by atoms with van der Waals surface area (Å²) in [5, 5.41) is 8.54. The minimum absolute atomic E-state index is 0.0552. The molecule has 0 aliphatic heterocycles. The predicted molar refractivity (Wildman–Crippen MR) is 50.1 cm³/mol. The van der Waals surface area contributed by atoms with Gasteiger partial charge < -0.3 is 21.3 Å². The molecule has 5 N–H and O–H groups in total. The number of nitrogens with zero attached hydrogens (tertiary/aromatic N) is 3. The van der Waals surface area contributed by atoms with Crippen molar-refractivity contribution in [2.75, 3.05) is 24.7 Å². The number of hydrogen-bond donors (Lipinski definition) is 3. The van der Waals surface area contributed by atoms with E-state index in [1.807, 2.05) is 0 Å². The topological polar surface area (TPSA) is 120 Å². The monoisotopic (exact) mass is 199 g/mol. The lowest BCUT2D eigenvalue weighted by Gasteiger charge is -2.10. The van der Waals surface area contributed by atoms with E-state index in [2.05, 4.69) is 15.0 Å². The van der Waals surface area contributed by atoms with Crippen LogP contribution < -0.4 is 11.5 Å². The number of rotatable bonds is 4. The Morgan fingerprint density at radius 3 is 2.36 bits per heavy atom. The average molecular weight is 199 g/mol. The zero-order valence-corrected chi connectivity index (χ0v) is 7.84. The smallest absolute Gasteiger partial charge is 0.225 e. The predicted octanol–water partition coefficient (Wildman–Crippen LogP) is -0.894. The van der Waals surface area contributed by atoms with Gasteiger partial charge in [-0.3, -0.25) is 0 Å². The minimum atomic E-state index is -0.366. The van der Waals surface area contributed by atoms with Crippen molar-refractivity contribution in [3.8, 4) is 0 Å². The normalized spacial score (nSPS) is 12.7. The number of aliphatic hydroxyl groups is 1. The maximum absolute atomic E-state index is 8.54. The molecule has 0 amide bonds. The SMILES string of the molecule is CC(OCCO)c1nc(N)nc(N)n1. The van der Waals surface area contributed by atoms with Crippen LogP contribution in [0.3, 0.4) is 0 Å². The number of anilines is 2. The summed E-state index contributed by atoms with van der Waals surface area (Å²) in [6, 6.07) is 0. The Morgan fingerprint density at radius 1 is 1.29 bits per heavy atom. The molecule has 1 heterocycles. The van der Waals surface area contributed by atoms with Gasteiger partial charge in [-0.1, -0.05) is 0 Å². The molecule has 1 unspecified atom stereocenters. The molecular formula is C7H13N5O2. The number of nitrogens with two attached hydrogens (primary N) is 2. The average Bonchev–Trinajstić information content (AvgIpc) is 2.12. The van der Waals surface area contributed by atoms with E-state index in [1.54, 1.807) is 6.92 Å². The summed E-state index contributed by atoms with van der Waals surface area (Å²) in [6.45, 7) is 1.90. The van der Waals surface area contributed by atoms with Crippen LogP contribution in [0.25, 0.3) is 0 Å². The standard InChI is InChI=1S/C7H13N5O2/c1-4(14-3-2-13)5-10-6(8)12-7(9)11-5/h4,13H,2-3H2,1H3,(H4,8,9,10,11,12). The second-order valence-electron chi connectivity index (χ2n) is 2.65. The highest BCUT2D eigenvalue weighted by Crippen LogP contribution is 2.12. The summed E-state index contributed by atoms with van der Waals surface area (Å²) in [5.41, 5.74) is 10.8. The Morgan fingerprint density at radius 2 is 1.86 bits per heavy atom. The van der Waals surface area contributed by atoms with Crippen LogP contribution in [-0.2, 0) is 4.74 Å². The van der Waals surface area contributed by atoms with Gasteiger partial charge in [0.05, 0.1) is 13.2 Å². The minimum Gasteiger partial charge on any atom is -0.394 e. The largest absolute Gasteiger partial charge is 0.394 e. The molecule has 0 aliphatic rings. The molecule has 0 saturated carbocycles. The number of aliphatic hydroxyl groups excluding tert-OH is 1. The number of nitrogen functional groups attached to an aromatic ring is 2. The molecule has 78 valence electrons. The molecule has 1 aromatic rings. The van der Waals surface area contributed by atoms with Gasteiger partial charge in [-0.25, -0.2) is 0 Å². The third-order valence-corrected chi connectivity index (χ3v) is 1.51. The Hall–Kier alpha value is -1.47. The van der Waals surface area contributed by atoms with Gasteiger partial charge >= 0.3 is 0 Å². The first-order valence-electron chi connectivity index (χ1n) is 4.13. The zero-order valence-electron chi connectivity index (χ0n) is 7.84. The third kappa shape index (κ3) is 2.79. The van der Waals surface area contributed by atoms with E-state index in [0.29, 0.717) is 5.82 Å². The van der Waals surface area contributed by atoms with Crippen LogP contribution in [0.15, 0.2) is 0 Å². The van der Waals surface area contributed by atoms with Gasteiger partial charge in [0.15, 0.2) is 5.82 Å². The highest BCUT2D eigenvalue weighted by atomic mass is 16.5. The van der Waals surface area contributed by atoms with E-state index in [9.17, 15) is 0 Å². The lowest BCUT2D eigenvalue weighted by molar-refractivity contribution is 0.0338. The summed E-state index contributed by atoms with van der Waals surface area (Å²) in [5.74, 6) is 0.488. The molecule has 0 bridgehead atoms. The summed E-state index contributed by atoms with van der Waals surface area (Å²) >= 11 is 0. The first kappa shape index (κ1) is 10.6. The highest BCUT2D eigenvalue weighted by molar-refractivity contribution is 5.26. The van der Waals surface area contributed by atoms with Gasteiger partial charge in [-0.05, 0) is 6.92 Å². The lowest BCUT2D eigenvalue weighted by atomic mass is 10.4.